The summed E-state index contributed by atoms with van der Waals surface area (Å²) in [5, 5.41) is 6.64. The number of sulfonamides is 1. The second kappa shape index (κ2) is 7.08. The van der Waals surface area contributed by atoms with E-state index in [9.17, 15) is 8.42 Å². The van der Waals surface area contributed by atoms with Crippen LogP contribution in [0, 0.1) is 13.8 Å². The summed E-state index contributed by atoms with van der Waals surface area (Å²) in [7, 11) is -0.203. The maximum atomic E-state index is 12.8. The summed E-state index contributed by atoms with van der Waals surface area (Å²) in [6.45, 7) is 5.95. The van der Waals surface area contributed by atoms with E-state index in [0.717, 1.165) is 0 Å². The molecule has 2 aromatic rings. The molecule has 1 fully saturated rings. The van der Waals surface area contributed by atoms with Crippen LogP contribution >= 0.6 is 0 Å². The number of anilines is 3. The predicted molar refractivity (Wildman–Crippen MR) is 98.3 cm³/mol. The number of nitrogens with zero attached hydrogens (tertiary/aromatic N) is 5. The standard InChI is InChI=1S/C15H23N7O3S/c1-10-13(11(2)19-18-10)26(23,24)20-12-9-16-15(17-14(12)21(3)4)22-5-7-25-8-6-22/h9,20H,5-8H2,1-4H3,(H,18,19). The second-order valence-electron chi connectivity index (χ2n) is 6.27. The first-order chi connectivity index (χ1) is 12.3. The van der Waals surface area contributed by atoms with Gasteiger partial charge in [-0.15, -0.1) is 0 Å². The Hall–Kier alpha value is -2.40. The van der Waals surface area contributed by atoms with Crippen LogP contribution in [0.25, 0.3) is 0 Å². The van der Waals surface area contributed by atoms with E-state index < -0.39 is 10.0 Å². The summed E-state index contributed by atoms with van der Waals surface area (Å²) < 4.78 is 33.5. The average Bonchev–Trinajstić information content (AvgIpc) is 2.95. The van der Waals surface area contributed by atoms with Gasteiger partial charge in [0.25, 0.3) is 10.0 Å². The zero-order chi connectivity index (χ0) is 18.9. The molecule has 1 aliphatic heterocycles. The van der Waals surface area contributed by atoms with Crippen molar-refractivity contribution in [2.24, 2.45) is 0 Å². The Morgan fingerprint density at radius 2 is 1.96 bits per heavy atom. The highest BCUT2D eigenvalue weighted by Gasteiger charge is 2.25. The molecule has 10 nitrogen and oxygen atoms in total. The maximum Gasteiger partial charge on any atom is 0.265 e. The Balaban J connectivity index is 1.94. The van der Waals surface area contributed by atoms with Crippen molar-refractivity contribution in [1.29, 1.82) is 0 Å². The first kappa shape index (κ1) is 18.4. The average molecular weight is 381 g/mol. The number of rotatable bonds is 5. The predicted octanol–water partition coefficient (Wildman–Crippen LogP) is 0.520. The first-order valence-corrected chi connectivity index (χ1v) is 9.69. The van der Waals surface area contributed by atoms with Gasteiger partial charge in [0.2, 0.25) is 5.95 Å². The molecule has 0 saturated carbocycles. The van der Waals surface area contributed by atoms with Crippen LogP contribution in [0.1, 0.15) is 11.4 Å². The van der Waals surface area contributed by atoms with Crippen molar-refractivity contribution in [3.05, 3.63) is 17.6 Å². The van der Waals surface area contributed by atoms with Crippen molar-refractivity contribution in [2.45, 2.75) is 18.7 Å². The van der Waals surface area contributed by atoms with Crippen molar-refractivity contribution >= 4 is 27.5 Å². The lowest BCUT2D eigenvalue weighted by molar-refractivity contribution is 0.122. The number of aryl methyl sites for hydroxylation is 2. The third kappa shape index (κ3) is 3.58. The fourth-order valence-corrected chi connectivity index (χ4v) is 4.24. The summed E-state index contributed by atoms with van der Waals surface area (Å²) >= 11 is 0. The molecule has 0 aliphatic carbocycles. The fraction of sp³-hybridized carbons (Fsp3) is 0.533. The molecule has 11 heteroatoms. The van der Waals surface area contributed by atoms with Gasteiger partial charge in [0, 0.05) is 27.2 Å². The van der Waals surface area contributed by atoms with Crippen LogP contribution in [0.2, 0.25) is 0 Å². The zero-order valence-corrected chi connectivity index (χ0v) is 16.1. The van der Waals surface area contributed by atoms with Gasteiger partial charge in [-0.25, -0.2) is 13.4 Å². The maximum absolute atomic E-state index is 12.8. The first-order valence-electron chi connectivity index (χ1n) is 8.21. The minimum absolute atomic E-state index is 0.138. The van der Waals surface area contributed by atoms with Crippen LogP contribution in [-0.2, 0) is 14.8 Å². The highest BCUT2D eigenvalue weighted by atomic mass is 32.2. The summed E-state index contributed by atoms with van der Waals surface area (Å²) in [5.74, 6) is 1.04. The molecular formula is C15H23N7O3S. The summed E-state index contributed by atoms with van der Waals surface area (Å²) in [6, 6.07) is 0. The largest absolute Gasteiger partial charge is 0.378 e. The van der Waals surface area contributed by atoms with E-state index in [1.54, 1.807) is 32.8 Å². The van der Waals surface area contributed by atoms with Gasteiger partial charge < -0.3 is 14.5 Å². The van der Waals surface area contributed by atoms with Crippen LogP contribution in [0.3, 0.4) is 0 Å². The zero-order valence-electron chi connectivity index (χ0n) is 15.3. The van der Waals surface area contributed by atoms with Crippen LogP contribution in [0.5, 0.6) is 0 Å². The highest BCUT2D eigenvalue weighted by molar-refractivity contribution is 7.92. The number of morpholine rings is 1. The molecule has 26 heavy (non-hydrogen) atoms. The lowest BCUT2D eigenvalue weighted by Gasteiger charge is -2.28. The molecule has 1 aliphatic rings. The van der Waals surface area contributed by atoms with Crippen LogP contribution in [0.15, 0.2) is 11.1 Å². The third-order valence-electron chi connectivity index (χ3n) is 4.05. The molecule has 0 bridgehead atoms. The number of aromatic amines is 1. The lowest BCUT2D eigenvalue weighted by Crippen LogP contribution is -2.37. The number of hydrogen-bond acceptors (Lipinski definition) is 8. The monoisotopic (exact) mass is 381 g/mol. The van der Waals surface area contributed by atoms with Gasteiger partial charge in [-0.2, -0.15) is 10.1 Å². The quantitative estimate of drug-likeness (QED) is 0.770. The minimum Gasteiger partial charge on any atom is -0.378 e. The van der Waals surface area contributed by atoms with Gasteiger partial charge in [-0.1, -0.05) is 0 Å². The second-order valence-corrected chi connectivity index (χ2v) is 7.89. The Morgan fingerprint density at radius 1 is 1.27 bits per heavy atom. The van der Waals surface area contributed by atoms with Crippen LogP contribution in [-0.4, -0.2) is 69.0 Å². The molecule has 0 unspecified atom stereocenters. The van der Waals surface area contributed by atoms with Gasteiger partial charge in [0.05, 0.1) is 30.8 Å². The fourth-order valence-electron chi connectivity index (χ4n) is 2.82. The van der Waals surface area contributed by atoms with E-state index in [2.05, 4.69) is 24.9 Å². The molecule has 0 aromatic carbocycles. The summed E-state index contributed by atoms with van der Waals surface area (Å²) in [5.41, 5.74) is 1.20. The molecule has 2 N–H and O–H groups in total. The molecule has 3 heterocycles. The highest BCUT2D eigenvalue weighted by Crippen LogP contribution is 2.28. The summed E-state index contributed by atoms with van der Waals surface area (Å²) in [4.78, 5) is 12.8. The van der Waals surface area contributed by atoms with Crippen molar-refractivity contribution in [3.8, 4) is 0 Å². The number of hydrogen-bond donors (Lipinski definition) is 2. The van der Waals surface area contributed by atoms with E-state index >= 15 is 0 Å². The third-order valence-corrected chi connectivity index (χ3v) is 5.67. The molecule has 142 valence electrons. The van der Waals surface area contributed by atoms with Crippen LogP contribution in [0.4, 0.5) is 17.5 Å². The number of nitrogens with one attached hydrogen (secondary N) is 2. The molecular weight excluding hydrogens is 358 g/mol. The minimum atomic E-state index is -3.81. The van der Waals surface area contributed by atoms with Crippen molar-refractivity contribution in [3.63, 3.8) is 0 Å². The van der Waals surface area contributed by atoms with E-state index in [4.69, 9.17) is 4.74 Å². The Labute approximate surface area is 152 Å². The van der Waals surface area contributed by atoms with Crippen molar-refractivity contribution < 1.29 is 13.2 Å². The molecule has 3 rings (SSSR count). The lowest BCUT2D eigenvalue weighted by atomic mass is 10.4. The van der Waals surface area contributed by atoms with E-state index in [0.29, 0.717) is 55.1 Å². The van der Waals surface area contributed by atoms with E-state index in [1.807, 2.05) is 4.90 Å². The van der Waals surface area contributed by atoms with Gasteiger partial charge >= 0.3 is 0 Å². The van der Waals surface area contributed by atoms with E-state index in [-0.39, 0.29) is 4.90 Å². The van der Waals surface area contributed by atoms with Crippen molar-refractivity contribution in [1.82, 2.24) is 20.2 Å². The topological polar surface area (TPSA) is 116 Å². The Morgan fingerprint density at radius 3 is 2.54 bits per heavy atom. The van der Waals surface area contributed by atoms with Gasteiger partial charge in [-0.3, -0.25) is 9.82 Å². The number of H-pyrrole nitrogens is 1. The molecule has 0 amide bonds. The number of aromatic nitrogens is 4. The van der Waals surface area contributed by atoms with E-state index in [1.165, 1.54) is 6.20 Å². The molecule has 0 radical (unpaired) electrons. The molecule has 1 saturated heterocycles. The van der Waals surface area contributed by atoms with Crippen LogP contribution < -0.4 is 14.5 Å². The molecule has 0 atom stereocenters. The van der Waals surface area contributed by atoms with Gasteiger partial charge in [-0.05, 0) is 13.8 Å². The van der Waals surface area contributed by atoms with Crippen molar-refractivity contribution in [2.75, 3.05) is 54.9 Å². The van der Waals surface area contributed by atoms with Gasteiger partial charge in [0.15, 0.2) is 5.82 Å². The van der Waals surface area contributed by atoms with Gasteiger partial charge in [0.1, 0.15) is 10.6 Å². The summed E-state index contributed by atoms with van der Waals surface area (Å²) in [6.07, 6.45) is 1.50. The number of ether oxygens (including phenoxy) is 1. The smallest absolute Gasteiger partial charge is 0.265 e. The molecule has 0 spiro atoms. The Bertz CT molecular complexity index is 869. The molecule has 2 aromatic heterocycles. The normalized spacial score (nSPS) is 15.2. The Kier molecular flexibility index (Phi) is 5.01. The SMILES string of the molecule is Cc1n[nH]c(C)c1S(=O)(=O)Nc1cnc(N2CCOCC2)nc1N(C)C.